The second-order valence-electron chi connectivity index (χ2n) is 4.09. The van der Waals surface area contributed by atoms with Crippen LogP contribution in [-0.4, -0.2) is 27.9 Å². The van der Waals surface area contributed by atoms with Crippen LogP contribution in [0.3, 0.4) is 0 Å². The van der Waals surface area contributed by atoms with Crippen LogP contribution in [0.25, 0.3) is 0 Å². The van der Waals surface area contributed by atoms with E-state index in [4.69, 9.17) is 44.3 Å². The lowest BCUT2D eigenvalue weighted by Crippen LogP contribution is -2.43. The Morgan fingerprint density at radius 1 is 1.17 bits per heavy atom. The molecule has 0 aromatic heterocycles. The van der Waals surface area contributed by atoms with E-state index in [9.17, 15) is 5.11 Å². The number of aliphatic hydroxyl groups is 1. The number of alkyl halides is 3. The van der Waals surface area contributed by atoms with E-state index in [-0.39, 0.29) is 12.7 Å². The third kappa shape index (κ3) is 3.50. The van der Waals surface area contributed by atoms with Gasteiger partial charge >= 0.3 is 0 Å². The Labute approximate surface area is 121 Å². The molecule has 3 nitrogen and oxygen atoms in total. The summed E-state index contributed by atoms with van der Waals surface area (Å²) in [6.45, 7) is -0.135. The van der Waals surface area contributed by atoms with E-state index in [1.165, 1.54) is 0 Å². The number of rotatable bonds is 2. The standard InChI is InChI=1S/C12H13Cl3O3/c13-12(14,15)11-17-9(7-16)6-10(18-11)8-4-2-1-3-5-8/h1-5,9-11,16H,6-7H2. The molecule has 6 heteroatoms. The summed E-state index contributed by atoms with van der Waals surface area (Å²) in [5.74, 6) is 0. The summed E-state index contributed by atoms with van der Waals surface area (Å²) in [5.41, 5.74) is 0.971. The fourth-order valence-corrected chi connectivity index (χ4v) is 2.17. The van der Waals surface area contributed by atoms with Gasteiger partial charge in [-0.05, 0) is 5.56 Å². The van der Waals surface area contributed by atoms with Crippen molar-refractivity contribution in [2.75, 3.05) is 6.61 Å². The van der Waals surface area contributed by atoms with Gasteiger partial charge in [-0.25, -0.2) is 0 Å². The highest BCUT2D eigenvalue weighted by Crippen LogP contribution is 2.41. The van der Waals surface area contributed by atoms with Gasteiger partial charge in [-0.1, -0.05) is 65.1 Å². The van der Waals surface area contributed by atoms with Crippen molar-refractivity contribution < 1.29 is 14.6 Å². The van der Waals surface area contributed by atoms with Gasteiger partial charge in [0, 0.05) is 6.42 Å². The average molecular weight is 312 g/mol. The van der Waals surface area contributed by atoms with Crippen LogP contribution in [0.2, 0.25) is 0 Å². The molecule has 18 heavy (non-hydrogen) atoms. The summed E-state index contributed by atoms with van der Waals surface area (Å²) in [6.07, 6.45) is -1.11. The highest BCUT2D eigenvalue weighted by atomic mass is 35.6. The minimum atomic E-state index is -1.68. The first-order chi connectivity index (χ1) is 8.50. The number of halogens is 3. The monoisotopic (exact) mass is 310 g/mol. The molecule has 2 rings (SSSR count). The lowest BCUT2D eigenvalue weighted by atomic mass is 10.0. The molecule has 0 saturated carbocycles. The number of benzene rings is 1. The molecule has 1 aromatic carbocycles. The van der Waals surface area contributed by atoms with Crippen LogP contribution in [0.4, 0.5) is 0 Å². The zero-order valence-corrected chi connectivity index (χ0v) is 11.7. The van der Waals surface area contributed by atoms with Crippen LogP contribution >= 0.6 is 34.8 Å². The summed E-state index contributed by atoms with van der Waals surface area (Å²) < 4.78 is 9.34. The zero-order valence-electron chi connectivity index (χ0n) is 9.43. The Morgan fingerprint density at radius 2 is 1.83 bits per heavy atom. The molecule has 1 aliphatic heterocycles. The van der Waals surface area contributed by atoms with Crippen molar-refractivity contribution in [2.45, 2.75) is 28.7 Å². The highest BCUT2D eigenvalue weighted by Gasteiger charge is 2.42. The fraction of sp³-hybridized carbons (Fsp3) is 0.500. The van der Waals surface area contributed by atoms with E-state index in [1.807, 2.05) is 30.3 Å². The molecule has 0 aliphatic carbocycles. The normalized spacial score (nSPS) is 29.2. The number of hydrogen-bond donors (Lipinski definition) is 1. The van der Waals surface area contributed by atoms with Crippen LogP contribution in [0, 0.1) is 0 Å². The molecule has 1 aliphatic rings. The largest absolute Gasteiger partial charge is 0.394 e. The maximum absolute atomic E-state index is 9.23. The van der Waals surface area contributed by atoms with Crippen LogP contribution in [0.5, 0.6) is 0 Å². The molecule has 1 N–H and O–H groups in total. The van der Waals surface area contributed by atoms with Crippen LogP contribution in [-0.2, 0) is 9.47 Å². The quantitative estimate of drug-likeness (QED) is 0.852. The highest BCUT2D eigenvalue weighted by molar-refractivity contribution is 6.67. The van der Waals surface area contributed by atoms with Crippen molar-refractivity contribution in [3.63, 3.8) is 0 Å². The summed E-state index contributed by atoms with van der Waals surface area (Å²) in [6, 6.07) is 9.59. The van der Waals surface area contributed by atoms with E-state index < -0.39 is 16.2 Å². The second kappa shape index (κ2) is 5.95. The van der Waals surface area contributed by atoms with Crippen molar-refractivity contribution in [1.29, 1.82) is 0 Å². The van der Waals surface area contributed by atoms with Gasteiger partial charge in [-0.2, -0.15) is 0 Å². The Hall–Kier alpha value is -0.0300. The van der Waals surface area contributed by atoms with E-state index in [0.717, 1.165) is 5.56 Å². The Bertz CT molecular complexity index is 380. The van der Waals surface area contributed by atoms with Crippen molar-refractivity contribution in [3.8, 4) is 0 Å². The first-order valence-electron chi connectivity index (χ1n) is 5.54. The molecule has 0 bridgehead atoms. The molecule has 1 fully saturated rings. The van der Waals surface area contributed by atoms with Gasteiger partial charge in [-0.3, -0.25) is 0 Å². The summed E-state index contributed by atoms with van der Waals surface area (Å²) >= 11 is 17.4. The van der Waals surface area contributed by atoms with E-state index in [1.54, 1.807) is 0 Å². The number of ether oxygens (including phenoxy) is 2. The van der Waals surface area contributed by atoms with Crippen LogP contribution < -0.4 is 0 Å². The van der Waals surface area contributed by atoms with Crippen molar-refractivity contribution in [2.24, 2.45) is 0 Å². The van der Waals surface area contributed by atoms with Crippen LogP contribution in [0.15, 0.2) is 30.3 Å². The Morgan fingerprint density at radius 3 is 2.39 bits per heavy atom. The summed E-state index contributed by atoms with van der Waals surface area (Å²) in [5, 5.41) is 9.23. The molecule has 1 aromatic rings. The van der Waals surface area contributed by atoms with Gasteiger partial charge in [0.2, 0.25) is 10.1 Å². The Balaban J connectivity index is 2.16. The first kappa shape index (κ1) is 14.4. The van der Waals surface area contributed by atoms with Gasteiger partial charge in [0.1, 0.15) is 0 Å². The maximum Gasteiger partial charge on any atom is 0.240 e. The van der Waals surface area contributed by atoms with Crippen molar-refractivity contribution in [3.05, 3.63) is 35.9 Å². The van der Waals surface area contributed by atoms with E-state index in [0.29, 0.717) is 6.42 Å². The second-order valence-corrected chi connectivity index (χ2v) is 6.45. The SMILES string of the molecule is OCC1CC(c2ccccc2)OC(C(Cl)(Cl)Cl)O1. The summed E-state index contributed by atoms with van der Waals surface area (Å²) in [7, 11) is 0. The molecule has 0 radical (unpaired) electrons. The average Bonchev–Trinajstić information content (AvgIpc) is 2.38. The predicted molar refractivity (Wildman–Crippen MR) is 70.9 cm³/mol. The number of aliphatic hydroxyl groups excluding tert-OH is 1. The van der Waals surface area contributed by atoms with Crippen molar-refractivity contribution in [1.82, 2.24) is 0 Å². The lowest BCUT2D eigenvalue weighted by Gasteiger charge is -2.38. The molecule has 1 saturated heterocycles. The molecule has 100 valence electrons. The topological polar surface area (TPSA) is 38.7 Å². The molecule has 1 heterocycles. The minimum Gasteiger partial charge on any atom is -0.394 e. The minimum absolute atomic E-state index is 0.135. The smallest absolute Gasteiger partial charge is 0.240 e. The van der Waals surface area contributed by atoms with Gasteiger partial charge in [0.15, 0.2) is 0 Å². The molecule has 0 spiro atoms. The van der Waals surface area contributed by atoms with Gasteiger partial charge < -0.3 is 14.6 Å². The molecule has 3 atom stereocenters. The Kier molecular flexibility index (Phi) is 4.75. The zero-order chi connectivity index (χ0) is 13.2. The van der Waals surface area contributed by atoms with E-state index in [2.05, 4.69) is 0 Å². The van der Waals surface area contributed by atoms with E-state index >= 15 is 0 Å². The fourth-order valence-electron chi connectivity index (χ4n) is 1.86. The molecular weight excluding hydrogens is 298 g/mol. The third-order valence-electron chi connectivity index (χ3n) is 2.72. The first-order valence-corrected chi connectivity index (χ1v) is 6.67. The predicted octanol–water partition coefficient (Wildman–Crippen LogP) is 3.22. The van der Waals surface area contributed by atoms with Crippen molar-refractivity contribution >= 4 is 34.8 Å². The van der Waals surface area contributed by atoms with Gasteiger partial charge in [-0.15, -0.1) is 0 Å². The van der Waals surface area contributed by atoms with Gasteiger partial charge in [0.05, 0.1) is 18.8 Å². The molecular formula is C12H13Cl3O3. The van der Waals surface area contributed by atoms with Crippen LogP contribution in [0.1, 0.15) is 18.1 Å². The number of hydrogen-bond acceptors (Lipinski definition) is 3. The lowest BCUT2D eigenvalue weighted by molar-refractivity contribution is -0.248. The van der Waals surface area contributed by atoms with Gasteiger partial charge in [0.25, 0.3) is 0 Å². The third-order valence-corrected chi connectivity index (χ3v) is 3.26. The summed E-state index contributed by atoms with van der Waals surface area (Å²) in [4.78, 5) is 0. The molecule has 0 amide bonds. The molecule has 3 unspecified atom stereocenters. The maximum atomic E-state index is 9.23.